The van der Waals surface area contributed by atoms with Crippen molar-refractivity contribution in [3.63, 3.8) is 0 Å². The van der Waals surface area contributed by atoms with Gasteiger partial charge < -0.3 is 38.3 Å². The first-order valence-corrected chi connectivity index (χ1v) is 12.0. The molecule has 0 radical (unpaired) electrons. The van der Waals surface area contributed by atoms with E-state index in [9.17, 15) is 28.8 Å². The number of carboxylic acids is 1. The first kappa shape index (κ1) is 30.5. The second-order valence-electron chi connectivity index (χ2n) is 7.10. The van der Waals surface area contributed by atoms with Crippen molar-refractivity contribution in [1.29, 1.82) is 0 Å². The number of thioether (sulfide) groups is 1. The number of hydrogen-bond donors (Lipinski definition) is 8. The highest BCUT2D eigenvalue weighted by atomic mass is 32.2. The summed E-state index contributed by atoms with van der Waals surface area (Å²) in [6.07, 6.45) is 1.27. The molecule has 10 N–H and O–H groups in total. The van der Waals surface area contributed by atoms with Crippen molar-refractivity contribution in [2.45, 2.75) is 56.3 Å². The molecule has 0 aromatic heterocycles. The molecule has 0 saturated heterocycles. The molecule has 0 heterocycles. The second kappa shape index (κ2) is 16.1. The lowest BCUT2D eigenvalue weighted by molar-refractivity contribution is -0.141. The summed E-state index contributed by atoms with van der Waals surface area (Å²) >= 11 is 5.34. The zero-order valence-electron chi connectivity index (χ0n) is 18.2. The van der Waals surface area contributed by atoms with Crippen LogP contribution >= 0.6 is 24.4 Å². The van der Waals surface area contributed by atoms with Crippen LogP contribution in [0.25, 0.3) is 0 Å². The first-order valence-electron chi connectivity index (χ1n) is 9.98. The summed E-state index contributed by atoms with van der Waals surface area (Å²) < 4.78 is 0. The molecule has 4 unspecified atom stereocenters. The molecule has 0 aromatic carbocycles. The minimum absolute atomic E-state index is 0.166. The van der Waals surface area contributed by atoms with E-state index in [-0.39, 0.29) is 31.4 Å². The van der Waals surface area contributed by atoms with Gasteiger partial charge in [-0.1, -0.05) is 0 Å². The predicted octanol–water partition coefficient (Wildman–Crippen LogP) is -2.93. The molecule has 0 fully saturated rings. The van der Waals surface area contributed by atoms with E-state index >= 15 is 0 Å². The van der Waals surface area contributed by atoms with Gasteiger partial charge in [0.15, 0.2) is 0 Å². The van der Waals surface area contributed by atoms with Gasteiger partial charge in [-0.2, -0.15) is 24.4 Å². The fourth-order valence-electron chi connectivity index (χ4n) is 2.50. The van der Waals surface area contributed by atoms with Gasteiger partial charge in [-0.05, 0) is 31.3 Å². The molecular weight excluding hydrogens is 476 g/mol. The first-order chi connectivity index (χ1) is 15.4. The fraction of sp³-hybridized carbons (Fsp3) is 0.667. The molecule has 13 nitrogen and oxygen atoms in total. The maximum Gasteiger partial charge on any atom is 0.327 e. The van der Waals surface area contributed by atoms with E-state index in [0.717, 1.165) is 0 Å². The lowest BCUT2D eigenvalue weighted by Crippen LogP contribution is -2.57. The van der Waals surface area contributed by atoms with Gasteiger partial charge in [0.05, 0.1) is 6.04 Å². The molecule has 33 heavy (non-hydrogen) atoms. The van der Waals surface area contributed by atoms with Crippen LogP contribution in [0.15, 0.2) is 0 Å². The third kappa shape index (κ3) is 12.9. The van der Waals surface area contributed by atoms with Gasteiger partial charge in [0, 0.05) is 18.6 Å². The minimum atomic E-state index is -1.34. The van der Waals surface area contributed by atoms with E-state index in [0.29, 0.717) is 12.2 Å². The Bertz CT molecular complexity index is 724. The molecule has 0 aliphatic carbocycles. The molecule has 5 amide bonds. The second-order valence-corrected chi connectivity index (χ2v) is 8.45. The van der Waals surface area contributed by atoms with Gasteiger partial charge in [0.25, 0.3) is 0 Å². The smallest absolute Gasteiger partial charge is 0.327 e. The minimum Gasteiger partial charge on any atom is -0.480 e. The third-order valence-corrected chi connectivity index (χ3v) is 5.40. The Morgan fingerprint density at radius 3 is 1.61 bits per heavy atom. The third-order valence-electron chi connectivity index (χ3n) is 4.39. The number of carbonyl (C=O) groups excluding carboxylic acids is 5. The van der Waals surface area contributed by atoms with Gasteiger partial charge in [0.1, 0.15) is 18.1 Å². The Morgan fingerprint density at radius 1 is 0.818 bits per heavy atom. The Balaban J connectivity index is 5.49. The quantitative estimate of drug-likeness (QED) is 0.0937. The molecule has 0 saturated carbocycles. The zero-order chi connectivity index (χ0) is 25.6. The highest BCUT2D eigenvalue weighted by Gasteiger charge is 2.30. The van der Waals surface area contributed by atoms with Crippen LogP contribution in [0.2, 0.25) is 0 Å². The number of carboxylic acid groups (broad SMARTS) is 1. The molecule has 0 bridgehead atoms. The highest BCUT2D eigenvalue weighted by molar-refractivity contribution is 7.98. The lowest BCUT2D eigenvalue weighted by atomic mass is 10.1. The average molecular weight is 509 g/mol. The molecule has 0 aliphatic heterocycles. The summed E-state index contributed by atoms with van der Waals surface area (Å²) in [5.74, 6) is -4.77. The van der Waals surface area contributed by atoms with Gasteiger partial charge in [-0.15, -0.1) is 0 Å². The Kier molecular flexibility index (Phi) is 14.9. The SMILES string of the molecule is CSCCC(N)C(=O)NC(CCC(N)=O)C(=O)NC(CCC(N)=O)C(=O)NC(CS)C(=O)O. The maximum absolute atomic E-state index is 12.8. The van der Waals surface area contributed by atoms with E-state index in [2.05, 4.69) is 28.6 Å². The molecule has 0 spiro atoms. The van der Waals surface area contributed by atoms with Crippen molar-refractivity contribution in [3.8, 4) is 0 Å². The largest absolute Gasteiger partial charge is 0.480 e. The molecule has 188 valence electrons. The number of primary amides is 2. The fourth-order valence-corrected chi connectivity index (χ4v) is 3.23. The molecule has 0 rings (SSSR count). The number of nitrogens with one attached hydrogen (secondary N) is 3. The standard InChI is InChI=1S/C18H32N6O7S2/c1-33-7-6-9(19)15(27)22-10(2-4-13(20)25)16(28)23-11(3-5-14(21)26)17(29)24-12(8-32)18(30)31/h9-12,32H,2-8,19H2,1H3,(H2,20,25)(H2,21,26)(H,22,27)(H,23,28)(H,24,29)(H,30,31). The van der Waals surface area contributed by atoms with Crippen molar-refractivity contribution < 1.29 is 33.9 Å². The van der Waals surface area contributed by atoms with Crippen LogP contribution in [0.3, 0.4) is 0 Å². The van der Waals surface area contributed by atoms with Crippen molar-refractivity contribution in [2.75, 3.05) is 17.8 Å². The number of rotatable bonds is 17. The van der Waals surface area contributed by atoms with Gasteiger partial charge >= 0.3 is 5.97 Å². The summed E-state index contributed by atoms with van der Waals surface area (Å²) in [6.45, 7) is 0. The van der Waals surface area contributed by atoms with Crippen molar-refractivity contribution in [3.05, 3.63) is 0 Å². The van der Waals surface area contributed by atoms with Gasteiger partial charge in [0.2, 0.25) is 29.5 Å². The Hall–Kier alpha value is -2.52. The number of hydrogen-bond acceptors (Lipinski definition) is 9. The Morgan fingerprint density at radius 2 is 1.24 bits per heavy atom. The van der Waals surface area contributed by atoms with Crippen molar-refractivity contribution >= 4 is 59.9 Å². The van der Waals surface area contributed by atoms with E-state index in [1.807, 2.05) is 6.26 Å². The predicted molar refractivity (Wildman–Crippen MR) is 125 cm³/mol. The zero-order valence-corrected chi connectivity index (χ0v) is 20.0. The molecule has 0 aliphatic rings. The topological polar surface area (TPSA) is 237 Å². The van der Waals surface area contributed by atoms with E-state index in [4.69, 9.17) is 22.3 Å². The molecule has 0 aromatic rings. The number of nitrogens with two attached hydrogens (primary N) is 3. The lowest BCUT2D eigenvalue weighted by Gasteiger charge is -2.24. The number of amides is 5. The van der Waals surface area contributed by atoms with Crippen LogP contribution in [0.4, 0.5) is 0 Å². The summed E-state index contributed by atoms with van der Waals surface area (Å²) in [7, 11) is 0. The average Bonchev–Trinajstić information content (AvgIpc) is 2.74. The number of thiol groups is 1. The summed E-state index contributed by atoms with van der Waals surface area (Å²) in [6, 6.07) is -4.84. The number of carbonyl (C=O) groups is 6. The molecule has 4 atom stereocenters. The van der Waals surface area contributed by atoms with Crippen LogP contribution in [0.5, 0.6) is 0 Å². The van der Waals surface area contributed by atoms with E-state index < -0.39 is 59.7 Å². The Labute approximate surface area is 201 Å². The summed E-state index contributed by atoms with van der Waals surface area (Å²) in [4.78, 5) is 71.2. The summed E-state index contributed by atoms with van der Waals surface area (Å²) in [5, 5.41) is 16.1. The maximum atomic E-state index is 12.8. The van der Waals surface area contributed by atoms with Gasteiger partial charge in [-0.3, -0.25) is 24.0 Å². The van der Waals surface area contributed by atoms with Crippen LogP contribution in [0.1, 0.15) is 32.1 Å². The van der Waals surface area contributed by atoms with E-state index in [1.54, 1.807) is 0 Å². The van der Waals surface area contributed by atoms with Crippen LogP contribution < -0.4 is 33.2 Å². The molecule has 15 heteroatoms. The van der Waals surface area contributed by atoms with Crippen LogP contribution in [-0.2, 0) is 28.8 Å². The monoisotopic (exact) mass is 508 g/mol. The number of aliphatic carboxylic acids is 1. The summed E-state index contributed by atoms with van der Waals surface area (Å²) in [5.41, 5.74) is 16.1. The van der Waals surface area contributed by atoms with Crippen LogP contribution in [-0.4, -0.2) is 82.5 Å². The normalized spacial score (nSPS) is 14.3. The van der Waals surface area contributed by atoms with Crippen LogP contribution in [0, 0.1) is 0 Å². The highest BCUT2D eigenvalue weighted by Crippen LogP contribution is 2.05. The van der Waals surface area contributed by atoms with Crippen molar-refractivity contribution in [2.24, 2.45) is 17.2 Å². The van der Waals surface area contributed by atoms with E-state index in [1.165, 1.54) is 11.8 Å². The van der Waals surface area contributed by atoms with Gasteiger partial charge in [-0.25, -0.2) is 4.79 Å². The molecular formula is C18H32N6O7S2. The van der Waals surface area contributed by atoms with Crippen molar-refractivity contribution in [1.82, 2.24) is 16.0 Å².